The molecule has 0 aliphatic rings. The summed E-state index contributed by atoms with van der Waals surface area (Å²) in [5.41, 5.74) is 3.65. The van der Waals surface area contributed by atoms with Gasteiger partial charge in [-0.25, -0.2) is 5.84 Å². The molecule has 1 aromatic rings. The molecule has 0 heterocycles. The number of methoxy groups -OCH3 is 1. The first-order valence-electron chi connectivity index (χ1n) is 5.58. The second-order valence-corrected chi connectivity index (χ2v) is 3.59. The molecule has 5 nitrogen and oxygen atoms in total. The van der Waals surface area contributed by atoms with Crippen molar-refractivity contribution in [3.63, 3.8) is 0 Å². The molecule has 0 aliphatic heterocycles. The summed E-state index contributed by atoms with van der Waals surface area (Å²) >= 11 is 0. The highest BCUT2D eigenvalue weighted by molar-refractivity contribution is 5.95. The van der Waals surface area contributed by atoms with Gasteiger partial charge in [0.1, 0.15) is 0 Å². The fraction of sp³-hybridized carbons (Fsp3) is 0.417. The number of benzene rings is 1. The minimum absolute atomic E-state index is 0.646. The highest BCUT2D eigenvalue weighted by Gasteiger charge is 2.05. The van der Waals surface area contributed by atoms with E-state index in [2.05, 4.69) is 10.4 Å². The first kappa shape index (κ1) is 13.5. The molecule has 94 valence electrons. The Morgan fingerprint density at radius 3 is 2.71 bits per heavy atom. The van der Waals surface area contributed by atoms with Crippen molar-refractivity contribution in [3.05, 3.63) is 30.3 Å². The first-order valence-corrected chi connectivity index (χ1v) is 5.58. The van der Waals surface area contributed by atoms with Crippen molar-refractivity contribution in [2.45, 2.75) is 6.42 Å². The lowest BCUT2D eigenvalue weighted by molar-refractivity contribution is 0.197. The lowest BCUT2D eigenvalue weighted by Gasteiger charge is -2.20. The number of hydrogen-bond donors (Lipinski definition) is 2. The van der Waals surface area contributed by atoms with Crippen LogP contribution in [0.2, 0.25) is 0 Å². The molecule has 0 spiro atoms. The fourth-order valence-corrected chi connectivity index (χ4v) is 1.42. The molecule has 0 fully saturated rings. The molecule has 0 aromatic heterocycles. The number of hydrazine groups is 1. The summed E-state index contributed by atoms with van der Waals surface area (Å²) < 4.78 is 4.97. The number of nitrogens with two attached hydrogens (primary N) is 1. The number of hydrogen-bond acceptors (Lipinski definition) is 3. The molecular weight excluding hydrogens is 216 g/mol. The Balaban J connectivity index is 2.60. The molecular formula is C12H20N4O. The highest BCUT2D eigenvalue weighted by Crippen LogP contribution is 2.10. The third kappa shape index (κ3) is 4.42. The summed E-state index contributed by atoms with van der Waals surface area (Å²) in [6.07, 6.45) is 0.879. The fourth-order valence-electron chi connectivity index (χ4n) is 1.42. The molecule has 0 saturated heterocycles. The number of ether oxygens (including phenoxy) is 1. The maximum Gasteiger partial charge on any atom is 0.212 e. The van der Waals surface area contributed by atoms with Crippen LogP contribution >= 0.6 is 0 Å². The van der Waals surface area contributed by atoms with E-state index < -0.39 is 0 Å². The van der Waals surface area contributed by atoms with Crippen molar-refractivity contribution in [2.75, 3.05) is 32.2 Å². The van der Waals surface area contributed by atoms with Crippen LogP contribution in [0.5, 0.6) is 0 Å². The van der Waals surface area contributed by atoms with Crippen molar-refractivity contribution < 1.29 is 4.74 Å². The molecule has 17 heavy (non-hydrogen) atoms. The van der Waals surface area contributed by atoms with Crippen LogP contribution in [-0.2, 0) is 4.74 Å². The van der Waals surface area contributed by atoms with Crippen LogP contribution in [-0.4, -0.2) is 33.3 Å². The Morgan fingerprint density at radius 2 is 2.12 bits per heavy atom. The largest absolute Gasteiger partial charge is 0.385 e. The highest BCUT2D eigenvalue weighted by atomic mass is 16.5. The second-order valence-electron chi connectivity index (χ2n) is 3.59. The standard InChI is InChI=1S/C12H20N4O/c1-16(11-7-4-3-5-8-11)12(15-13)14-9-6-10-17-2/h3-5,7-8H,6,9-10,13H2,1-2H3,(H,14,15). The van der Waals surface area contributed by atoms with Gasteiger partial charge in [0.25, 0.3) is 0 Å². The van der Waals surface area contributed by atoms with Gasteiger partial charge in [-0.05, 0) is 18.6 Å². The molecule has 0 unspecified atom stereocenters. The summed E-state index contributed by atoms with van der Waals surface area (Å²) in [5.74, 6) is 6.12. The molecule has 5 heteroatoms. The van der Waals surface area contributed by atoms with Crippen molar-refractivity contribution in [1.82, 2.24) is 5.43 Å². The number of rotatable bonds is 5. The number of guanidine groups is 1. The summed E-state index contributed by atoms with van der Waals surface area (Å²) in [5, 5.41) is 0. The van der Waals surface area contributed by atoms with E-state index in [1.807, 2.05) is 42.3 Å². The number of aliphatic imine (C=N–C) groups is 1. The molecule has 3 N–H and O–H groups in total. The van der Waals surface area contributed by atoms with Gasteiger partial charge in [0.2, 0.25) is 5.96 Å². The van der Waals surface area contributed by atoms with E-state index in [4.69, 9.17) is 10.6 Å². The zero-order chi connectivity index (χ0) is 12.5. The summed E-state index contributed by atoms with van der Waals surface area (Å²) in [6.45, 7) is 1.39. The van der Waals surface area contributed by atoms with Gasteiger partial charge >= 0.3 is 0 Å². The van der Waals surface area contributed by atoms with E-state index >= 15 is 0 Å². The van der Waals surface area contributed by atoms with Gasteiger partial charge < -0.3 is 9.64 Å². The van der Waals surface area contributed by atoms with Crippen LogP contribution in [0.15, 0.2) is 35.3 Å². The van der Waals surface area contributed by atoms with E-state index in [0.29, 0.717) is 19.1 Å². The maximum absolute atomic E-state index is 5.47. The van der Waals surface area contributed by atoms with Crippen LogP contribution < -0.4 is 16.2 Å². The lowest BCUT2D eigenvalue weighted by Crippen LogP contribution is -2.43. The molecule has 0 radical (unpaired) electrons. The van der Waals surface area contributed by atoms with E-state index in [1.165, 1.54) is 0 Å². The predicted molar refractivity (Wildman–Crippen MR) is 71.0 cm³/mol. The summed E-state index contributed by atoms with van der Waals surface area (Å²) in [4.78, 5) is 6.29. The van der Waals surface area contributed by atoms with Gasteiger partial charge in [-0.2, -0.15) is 0 Å². The maximum atomic E-state index is 5.47. The minimum atomic E-state index is 0.646. The average Bonchev–Trinajstić information content (AvgIpc) is 2.39. The summed E-state index contributed by atoms with van der Waals surface area (Å²) in [6, 6.07) is 9.93. The SMILES string of the molecule is COCCCN=C(NN)N(C)c1ccccc1. The molecule has 1 rings (SSSR count). The van der Waals surface area contributed by atoms with E-state index in [0.717, 1.165) is 12.1 Å². The van der Waals surface area contributed by atoms with Crippen molar-refractivity contribution in [3.8, 4) is 0 Å². The van der Waals surface area contributed by atoms with Gasteiger partial charge in [0.05, 0.1) is 0 Å². The van der Waals surface area contributed by atoms with Crippen molar-refractivity contribution >= 4 is 11.6 Å². The van der Waals surface area contributed by atoms with Crippen LogP contribution in [0.3, 0.4) is 0 Å². The third-order valence-corrected chi connectivity index (χ3v) is 2.36. The monoisotopic (exact) mass is 236 g/mol. The van der Waals surface area contributed by atoms with Crippen molar-refractivity contribution in [2.24, 2.45) is 10.8 Å². The minimum Gasteiger partial charge on any atom is -0.385 e. The quantitative estimate of drug-likeness (QED) is 0.263. The van der Waals surface area contributed by atoms with Crippen LogP contribution in [0, 0.1) is 0 Å². The molecule has 0 aliphatic carbocycles. The Hall–Kier alpha value is -1.59. The molecule has 0 bridgehead atoms. The van der Waals surface area contributed by atoms with Gasteiger partial charge in [-0.15, -0.1) is 0 Å². The summed E-state index contributed by atoms with van der Waals surface area (Å²) in [7, 11) is 3.60. The van der Waals surface area contributed by atoms with Gasteiger partial charge in [0, 0.05) is 33.0 Å². The zero-order valence-corrected chi connectivity index (χ0v) is 10.4. The topological polar surface area (TPSA) is 62.9 Å². The number of nitrogens with zero attached hydrogens (tertiary/aromatic N) is 2. The number of para-hydroxylation sites is 1. The van der Waals surface area contributed by atoms with Crippen molar-refractivity contribution in [1.29, 1.82) is 0 Å². The Kier molecular flexibility index (Phi) is 6.06. The lowest BCUT2D eigenvalue weighted by atomic mass is 10.3. The Bertz CT molecular complexity index is 340. The van der Waals surface area contributed by atoms with Crippen LogP contribution in [0.4, 0.5) is 5.69 Å². The molecule has 0 saturated carbocycles. The van der Waals surface area contributed by atoms with Crippen LogP contribution in [0.1, 0.15) is 6.42 Å². The van der Waals surface area contributed by atoms with E-state index in [1.54, 1.807) is 7.11 Å². The number of anilines is 1. The van der Waals surface area contributed by atoms with Crippen LogP contribution in [0.25, 0.3) is 0 Å². The smallest absolute Gasteiger partial charge is 0.212 e. The Morgan fingerprint density at radius 1 is 1.41 bits per heavy atom. The van der Waals surface area contributed by atoms with E-state index in [-0.39, 0.29) is 0 Å². The van der Waals surface area contributed by atoms with E-state index in [9.17, 15) is 0 Å². The Labute approximate surface area is 102 Å². The first-order chi connectivity index (χ1) is 8.29. The molecule has 0 atom stereocenters. The van der Waals surface area contributed by atoms with Gasteiger partial charge in [-0.3, -0.25) is 10.4 Å². The predicted octanol–water partition coefficient (Wildman–Crippen LogP) is 0.979. The molecule has 0 amide bonds. The second kappa shape index (κ2) is 7.65. The normalized spacial score (nSPS) is 11.4. The zero-order valence-electron chi connectivity index (χ0n) is 10.4. The van der Waals surface area contributed by atoms with Gasteiger partial charge in [0.15, 0.2) is 0 Å². The number of nitrogens with one attached hydrogen (secondary N) is 1. The average molecular weight is 236 g/mol. The molecule has 1 aromatic carbocycles. The van der Waals surface area contributed by atoms with Gasteiger partial charge in [-0.1, -0.05) is 18.2 Å². The third-order valence-electron chi connectivity index (χ3n) is 2.36.